The third kappa shape index (κ3) is 4.97. The monoisotopic (exact) mass is 480 g/mol. The Morgan fingerprint density at radius 3 is 2.71 bits per heavy atom. The number of nitrogens with one attached hydrogen (secondary N) is 2. The zero-order valence-corrected chi connectivity index (χ0v) is 19.7. The molecule has 1 aromatic carbocycles. The van der Waals surface area contributed by atoms with E-state index in [1.807, 2.05) is 47.3 Å². The lowest BCUT2D eigenvalue weighted by molar-refractivity contribution is -0.124. The molecule has 0 bridgehead atoms. The predicted octanol–water partition coefficient (Wildman–Crippen LogP) is 4.50. The number of rotatable bonds is 6. The van der Waals surface area contributed by atoms with Gasteiger partial charge in [-0.05, 0) is 49.1 Å². The van der Waals surface area contributed by atoms with E-state index in [-0.39, 0.29) is 23.8 Å². The van der Waals surface area contributed by atoms with E-state index < -0.39 is 6.04 Å². The summed E-state index contributed by atoms with van der Waals surface area (Å²) in [5.74, 6) is 2.27. The van der Waals surface area contributed by atoms with Crippen LogP contribution in [-0.2, 0) is 4.79 Å². The third-order valence-electron chi connectivity index (χ3n) is 6.63. The smallest absolute Gasteiger partial charge is 0.243 e. The van der Waals surface area contributed by atoms with Gasteiger partial charge in [0, 0.05) is 35.5 Å². The number of ether oxygens (including phenoxy) is 1. The van der Waals surface area contributed by atoms with Gasteiger partial charge in [-0.1, -0.05) is 30.9 Å². The minimum Gasteiger partial charge on any atom is -0.493 e. The first kappa shape index (κ1) is 22.5. The Labute approximate surface area is 203 Å². The maximum atomic E-state index is 13.7. The first-order valence-electron chi connectivity index (χ1n) is 11.8. The molecule has 2 atom stereocenters. The number of hydrogen-bond donors (Lipinski definition) is 3. The molecule has 1 aliphatic carbocycles. The van der Waals surface area contributed by atoms with Crippen LogP contribution in [0, 0.1) is 5.92 Å². The summed E-state index contributed by atoms with van der Waals surface area (Å²) in [6, 6.07) is 10.6. The zero-order chi connectivity index (χ0) is 23.5. The van der Waals surface area contributed by atoms with E-state index in [0.29, 0.717) is 29.7 Å². The van der Waals surface area contributed by atoms with E-state index >= 15 is 0 Å². The quantitative estimate of drug-likeness (QED) is 0.479. The van der Waals surface area contributed by atoms with Crippen molar-refractivity contribution in [2.45, 2.75) is 50.6 Å². The van der Waals surface area contributed by atoms with E-state index in [1.165, 1.54) is 6.42 Å². The summed E-state index contributed by atoms with van der Waals surface area (Å²) in [5.41, 5.74) is 6.92. The van der Waals surface area contributed by atoms with Crippen molar-refractivity contribution in [2.75, 3.05) is 17.7 Å². The highest BCUT2D eigenvalue weighted by Gasteiger charge is 2.33. The predicted molar refractivity (Wildman–Crippen MR) is 132 cm³/mol. The fourth-order valence-electron chi connectivity index (χ4n) is 4.95. The normalized spacial score (nSPS) is 19.0. The summed E-state index contributed by atoms with van der Waals surface area (Å²) >= 11 is 6.23. The van der Waals surface area contributed by atoms with Gasteiger partial charge in [0.1, 0.15) is 23.4 Å². The van der Waals surface area contributed by atoms with Crippen LogP contribution in [0.5, 0.6) is 5.75 Å². The summed E-state index contributed by atoms with van der Waals surface area (Å²) in [4.78, 5) is 22.4. The highest BCUT2D eigenvalue weighted by Crippen LogP contribution is 2.35. The summed E-state index contributed by atoms with van der Waals surface area (Å²) < 4.78 is 7.63. The van der Waals surface area contributed by atoms with Gasteiger partial charge in [0.25, 0.3) is 0 Å². The van der Waals surface area contributed by atoms with Gasteiger partial charge in [0.2, 0.25) is 11.9 Å². The highest BCUT2D eigenvalue weighted by molar-refractivity contribution is 6.30. The molecule has 0 spiro atoms. The fraction of sp³-hybridized carbons (Fsp3) is 0.400. The number of fused-ring (bicyclic) bond motifs is 1. The van der Waals surface area contributed by atoms with Crippen LogP contribution in [0.25, 0.3) is 5.82 Å². The first-order valence-corrected chi connectivity index (χ1v) is 12.2. The SMILES string of the molecule is Nc1nc(N[C@@H](C(=O)NC2CCOc3ccc(Cl)cc32)C2CCCCC2)cc(-n2cccc2)n1. The Morgan fingerprint density at radius 2 is 1.91 bits per heavy atom. The molecule has 5 rings (SSSR count). The van der Waals surface area contributed by atoms with Gasteiger partial charge < -0.3 is 25.7 Å². The van der Waals surface area contributed by atoms with Crippen LogP contribution in [0.15, 0.2) is 48.8 Å². The molecule has 1 aliphatic heterocycles. The average molecular weight is 481 g/mol. The summed E-state index contributed by atoms with van der Waals surface area (Å²) in [6.45, 7) is 0.545. The first-order chi connectivity index (χ1) is 16.6. The van der Waals surface area contributed by atoms with E-state index in [2.05, 4.69) is 20.6 Å². The van der Waals surface area contributed by atoms with Crippen LogP contribution >= 0.6 is 11.6 Å². The molecule has 0 saturated heterocycles. The van der Waals surface area contributed by atoms with Crippen molar-refractivity contribution in [3.05, 3.63) is 59.4 Å². The van der Waals surface area contributed by atoms with Crippen molar-refractivity contribution in [3.63, 3.8) is 0 Å². The largest absolute Gasteiger partial charge is 0.493 e. The van der Waals surface area contributed by atoms with E-state index in [0.717, 1.165) is 37.0 Å². The number of benzene rings is 1. The van der Waals surface area contributed by atoms with Crippen molar-refractivity contribution >= 4 is 29.3 Å². The Balaban J connectivity index is 1.40. The molecule has 4 N–H and O–H groups in total. The number of carbonyl (C=O) groups is 1. The number of nitrogen functional groups attached to an aromatic ring is 1. The maximum absolute atomic E-state index is 13.7. The van der Waals surface area contributed by atoms with Crippen LogP contribution < -0.4 is 21.1 Å². The van der Waals surface area contributed by atoms with Gasteiger partial charge >= 0.3 is 0 Å². The minimum atomic E-state index is -0.433. The van der Waals surface area contributed by atoms with E-state index in [9.17, 15) is 4.79 Å². The van der Waals surface area contributed by atoms with Gasteiger partial charge in [-0.25, -0.2) is 0 Å². The third-order valence-corrected chi connectivity index (χ3v) is 6.87. The molecule has 2 aromatic heterocycles. The molecule has 2 aliphatic rings. The van der Waals surface area contributed by atoms with Crippen LogP contribution in [0.3, 0.4) is 0 Å². The summed E-state index contributed by atoms with van der Waals surface area (Å²) in [6.07, 6.45) is 9.90. The van der Waals surface area contributed by atoms with Crippen LogP contribution in [0.1, 0.15) is 50.1 Å². The topological polar surface area (TPSA) is 107 Å². The van der Waals surface area contributed by atoms with Crippen molar-refractivity contribution in [2.24, 2.45) is 5.92 Å². The van der Waals surface area contributed by atoms with Gasteiger partial charge in [-0.15, -0.1) is 0 Å². The molecule has 34 heavy (non-hydrogen) atoms. The van der Waals surface area contributed by atoms with Crippen molar-refractivity contribution in [1.82, 2.24) is 19.9 Å². The average Bonchev–Trinajstić information content (AvgIpc) is 3.38. The Kier molecular flexibility index (Phi) is 6.58. The van der Waals surface area contributed by atoms with Crippen molar-refractivity contribution < 1.29 is 9.53 Å². The molecule has 9 heteroatoms. The maximum Gasteiger partial charge on any atom is 0.243 e. The molecule has 3 heterocycles. The molecule has 178 valence electrons. The number of nitrogens with zero attached hydrogens (tertiary/aromatic N) is 3. The number of carbonyl (C=O) groups excluding carboxylic acids is 1. The zero-order valence-electron chi connectivity index (χ0n) is 18.9. The Bertz CT molecular complexity index is 1150. The van der Waals surface area contributed by atoms with Crippen molar-refractivity contribution in [3.8, 4) is 11.6 Å². The summed E-state index contributed by atoms with van der Waals surface area (Å²) in [7, 11) is 0. The van der Waals surface area contributed by atoms with Gasteiger partial charge in [-0.2, -0.15) is 9.97 Å². The Morgan fingerprint density at radius 1 is 1.12 bits per heavy atom. The summed E-state index contributed by atoms with van der Waals surface area (Å²) in [5, 5.41) is 7.28. The second kappa shape index (κ2) is 9.93. The lowest BCUT2D eigenvalue weighted by atomic mass is 9.83. The molecule has 3 aromatic rings. The van der Waals surface area contributed by atoms with E-state index in [4.69, 9.17) is 22.1 Å². The number of aromatic nitrogens is 3. The molecule has 0 radical (unpaired) electrons. The molecular weight excluding hydrogens is 452 g/mol. The lowest BCUT2D eigenvalue weighted by Gasteiger charge is -2.33. The molecule has 1 fully saturated rings. The minimum absolute atomic E-state index is 0.0515. The van der Waals surface area contributed by atoms with Crippen LogP contribution in [0.4, 0.5) is 11.8 Å². The molecular formula is C25H29ClN6O2. The highest BCUT2D eigenvalue weighted by atomic mass is 35.5. The van der Waals surface area contributed by atoms with Crippen molar-refractivity contribution in [1.29, 1.82) is 0 Å². The van der Waals surface area contributed by atoms with Gasteiger partial charge in [0.15, 0.2) is 0 Å². The molecule has 1 saturated carbocycles. The van der Waals surface area contributed by atoms with Crippen LogP contribution in [-0.4, -0.2) is 33.1 Å². The standard InChI is InChI=1S/C25H29ClN6O2/c26-17-8-9-20-18(14-17)19(10-13-34-20)28-24(33)23(16-6-2-1-3-7-16)29-21-15-22(31-25(27)30-21)32-11-4-5-12-32/h4-5,8-9,11-12,14-16,19,23H,1-3,6-7,10,13H2,(H,28,33)(H3,27,29,30,31)/t19?,23-/m1/s1. The van der Waals surface area contributed by atoms with Gasteiger partial charge in [0.05, 0.1) is 12.6 Å². The number of halogens is 1. The number of nitrogens with two attached hydrogens (primary N) is 1. The van der Waals surface area contributed by atoms with Gasteiger partial charge in [-0.3, -0.25) is 4.79 Å². The second-order valence-corrected chi connectivity index (χ2v) is 9.40. The van der Waals surface area contributed by atoms with E-state index in [1.54, 1.807) is 6.07 Å². The number of anilines is 2. The number of hydrogen-bond acceptors (Lipinski definition) is 6. The second-order valence-electron chi connectivity index (χ2n) is 8.96. The number of amides is 1. The van der Waals surface area contributed by atoms with Crippen LogP contribution in [0.2, 0.25) is 5.02 Å². The lowest BCUT2D eigenvalue weighted by Crippen LogP contribution is -2.47. The molecule has 8 nitrogen and oxygen atoms in total. The molecule has 1 unspecified atom stereocenters. The fourth-order valence-corrected chi connectivity index (χ4v) is 5.13. The Hall–Kier alpha value is -3.26. The molecule has 1 amide bonds.